The van der Waals surface area contributed by atoms with E-state index in [0.717, 1.165) is 6.26 Å². The molecule has 0 aromatic heterocycles. The van der Waals surface area contributed by atoms with Gasteiger partial charge in [0.25, 0.3) is 0 Å². The van der Waals surface area contributed by atoms with Gasteiger partial charge in [-0.05, 0) is 48.4 Å². The average Bonchev–Trinajstić information content (AvgIpc) is 2.99. The number of hydrogen-bond donors (Lipinski definition) is 0. The van der Waals surface area contributed by atoms with E-state index in [1.165, 1.54) is 29.3 Å². The molecule has 1 unspecified atom stereocenters. The summed E-state index contributed by atoms with van der Waals surface area (Å²) in [5, 5.41) is 5.61. The molecular weight excluding hydrogens is 401 g/mol. The van der Waals surface area contributed by atoms with Crippen LogP contribution in [0.1, 0.15) is 23.6 Å². The molecule has 0 aliphatic carbocycles. The largest absolute Gasteiger partial charge is 0.431 e. The summed E-state index contributed by atoms with van der Waals surface area (Å²) in [6.45, 7) is 1.74. The molecule has 3 rings (SSSR count). The van der Waals surface area contributed by atoms with Crippen LogP contribution in [0.5, 0.6) is 0 Å². The molecule has 0 spiro atoms. The number of nitrogens with zero attached hydrogens (tertiary/aromatic N) is 2. The first-order valence-corrected chi connectivity index (χ1v) is 10.2. The van der Waals surface area contributed by atoms with Gasteiger partial charge in [0.05, 0.1) is 16.6 Å². The van der Waals surface area contributed by atoms with E-state index in [9.17, 15) is 21.6 Å². The maximum Gasteiger partial charge on any atom is 0.431 e. The second-order valence-electron chi connectivity index (χ2n) is 6.38. The van der Waals surface area contributed by atoms with Crippen LogP contribution in [0.15, 0.2) is 52.5 Å². The number of aryl methyl sites for hydroxylation is 1. The third kappa shape index (κ3) is 4.11. The summed E-state index contributed by atoms with van der Waals surface area (Å²) in [5.74, 6) is 0. The van der Waals surface area contributed by atoms with Gasteiger partial charge >= 0.3 is 6.18 Å². The highest BCUT2D eigenvalue weighted by atomic mass is 35.5. The van der Waals surface area contributed by atoms with Crippen LogP contribution >= 0.6 is 11.6 Å². The number of hydrazone groups is 1. The van der Waals surface area contributed by atoms with Crippen LogP contribution in [0.25, 0.3) is 0 Å². The van der Waals surface area contributed by atoms with E-state index in [2.05, 4.69) is 5.10 Å². The number of halogens is 4. The molecule has 2 aromatic carbocycles. The lowest BCUT2D eigenvalue weighted by Crippen LogP contribution is -2.21. The second-order valence-corrected chi connectivity index (χ2v) is 8.83. The van der Waals surface area contributed by atoms with Gasteiger partial charge in [0.1, 0.15) is 5.71 Å². The molecule has 0 fully saturated rings. The van der Waals surface area contributed by atoms with Gasteiger partial charge < -0.3 is 0 Å². The maximum absolute atomic E-state index is 13.3. The Morgan fingerprint density at radius 3 is 2.30 bits per heavy atom. The lowest BCUT2D eigenvalue weighted by atomic mass is 10.0. The molecule has 0 radical (unpaired) electrons. The summed E-state index contributed by atoms with van der Waals surface area (Å²) in [6.07, 6.45) is -3.80. The standard InChI is InChI=1S/C18H16ClF3N2O2S/c1-11-9-13(19)5-8-15(11)24-16(10-17(23-24)18(20,21)22)12-3-6-14(7-4-12)27(2,25)26/h3-9,16H,10H2,1-2H3. The van der Waals surface area contributed by atoms with E-state index in [1.54, 1.807) is 25.1 Å². The number of rotatable bonds is 3. The molecule has 0 amide bonds. The Morgan fingerprint density at radius 1 is 1.15 bits per heavy atom. The predicted molar refractivity (Wildman–Crippen MR) is 99.1 cm³/mol. The molecule has 9 heteroatoms. The van der Waals surface area contributed by atoms with Gasteiger partial charge in [-0.15, -0.1) is 0 Å². The average molecular weight is 417 g/mol. The quantitative estimate of drug-likeness (QED) is 0.713. The summed E-state index contributed by atoms with van der Waals surface area (Å²) in [4.78, 5) is 0.107. The fraction of sp³-hybridized carbons (Fsp3) is 0.278. The van der Waals surface area contributed by atoms with Gasteiger partial charge in [-0.1, -0.05) is 23.7 Å². The number of anilines is 1. The van der Waals surface area contributed by atoms with E-state index in [-0.39, 0.29) is 11.3 Å². The Kier molecular flexibility index (Phi) is 4.98. The van der Waals surface area contributed by atoms with Gasteiger partial charge in [-0.25, -0.2) is 8.42 Å². The van der Waals surface area contributed by atoms with E-state index >= 15 is 0 Å². The molecule has 0 N–H and O–H groups in total. The minimum absolute atomic E-state index is 0.107. The molecule has 27 heavy (non-hydrogen) atoms. The van der Waals surface area contributed by atoms with Crippen molar-refractivity contribution in [2.24, 2.45) is 5.10 Å². The number of hydrogen-bond acceptors (Lipinski definition) is 4. The van der Waals surface area contributed by atoms with Crippen LogP contribution < -0.4 is 5.01 Å². The Morgan fingerprint density at radius 2 is 1.78 bits per heavy atom. The summed E-state index contributed by atoms with van der Waals surface area (Å²) < 4.78 is 63.0. The van der Waals surface area contributed by atoms with Crippen LogP contribution in [-0.2, 0) is 9.84 Å². The first-order valence-electron chi connectivity index (χ1n) is 7.97. The van der Waals surface area contributed by atoms with Crippen molar-refractivity contribution >= 4 is 32.8 Å². The van der Waals surface area contributed by atoms with Crippen molar-refractivity contribution in [1.29, 1.82) is 0 Å². The zero-order valence-electron chi connectivity index (χ0n) is 14.5. The maximum atomic E-state index is 13.3. The van der Waals surface area contributed by atoms with Gasteiger partial charge in [0, 0.05) is 17.7 Å². The van der Waals surface area contributed by atoms with Crippen molar-refractivity contribution in [2.75, 3.05) is 11.3 Å². The lowest BCUT2D eigenvalue weighted by Gasteiger charge is -2.25. The molecule has 2 aromatic rings. The fourth-order valence-electron chi connectivity index (χ4n) is 2.98. The minimum Gasteiger partial charge on any atom is -0.257 e. The molecule has 0 saturated carbocycles. The highest BCUT2D eigenvalue weighted by molar-refractivity contribution is 7.90. The molecule has 1 aliphatic rings. The Balaban J connectivity index is 2.05. The molecule has 0 bridgehead atoms. The SMILES string of the molecule is Cc1cc(Cl)ccc1N1N=C(C(F)(F)F)CC1c1ccc(S(C)(=O)=O)cc1. The van der Waals surface area contributed by atoms with Crippen LogP contribution in [0, 0.1) is 6.92 Å². The van der Waals surface area contributed by atoms with Gasteiger partial charge in [-0.2, -0.15) is 18.3 Å². The van der Waals surface area contributed by atoms with Gasteiger partial charge in [0.15, 0.2) is 9.84 Å². The Labute approximate surface area is 160 Å². The third-order valence-corrected chi connectivity index (χ3v) is 5.70. The molecule has 144 valence electrons. The molecule has 1 aliphatic heterocycles. The highest BCUT2D eigenvalue weighted by Crippen LogP contribution is 2.40. The third-order valence-electron chi connectivity index (χ3n) is 4.34. The van der Waals surface area contributed by atoms with Crippen molar-refractivity contribution < 1.29 is 21.6 Å². The highest BCUT2D eigenvalue weighted by Gasteiger charge is 2.43. The summed E-state index contributed by atoms with van der Waals surface area (Å²) in [7, 11) is -3.39. The first kappa shape index (κ1) is 19.7. The minimum atomic E-state index is -4.54. The Bertz CT molecular complexity index is 1000. The zero-order valence-corrected chi connectivity index (χ0v) is 16.0. The molecule has 1 atom stereocenters. The Hall–Kier alpha value is -2.06. The molecule has 1 heterocycles. The van der Waals surface area contributed by atoms with Crippen molar-refractivity contribution in [2.45, 2.75) is 30.5 Å². The second kappa shape index (κ2) is 6.83. The van der Waals surface area contributed by atoms with Crippen molar-refractivity contribution in [1.82, 2.24) is 0 Å². The van der Waals surface area contributed by atoms with Crippen molar-refractivity contribution in [3.63, 3.8) is 0 Å². The van der Waals surface area contributed by atoms with E-state index in [0.29, 0.717) is 21.8 Å². The topological polar surface area (TPSA) is 49.7 Å². The van der Waals surface area contributed by atoms with Crippen molar-refractivity contribution in [3.8, 4) is 0 Å². The molecule has 0 saturated heterocycles. The van der Waals surface area contributed by atoms with Gasteiger partial charge in [0.2, 0.25) is 0 Å². The number of alkyl halides is 3. The van der Waals surface area contributed by atoms with Crippen LogP contribution in [0.2, 0.25) is 5.02 Å². The number of sulfone groups is 1. The van der Waals surface area contributed by atoms with Crippen LogP contribution in [0.3, 0.4) is 0 Å². The fourth-order valence-corrected chi connectivity index (χ4v) is 3.83. The van der Waals surface area contributed by atoms with Crippen LogP contribution in [-0.4, -0.2) is 26.6 Å². The van der Waals surface area contributed by atoms with Crippen LogP contribution in [0.4, 0.5) is 18.9 Å². The van der Waals surface area contributed by atoms with Crippen molar-refractivity contribution in [3.05, 3.63) is 58.6 Å². The lowest BCUT2D eigenvalue weighted by molar-refractivity contribution is -0.0600. The predicted octanol–water partition coefficient (Wildman–Crippen LogP) is 4.92. The summed E-state index contributed by atoms with van der Waals surface area (Å²) in [6, 6.07) is 10.00. The zero-order chi connectivity index (χ0) is 20.0. The summed E-state index contributed by atoms with van der Waals surface area (Å²) in [5.41, 5.74) is 0.858. The molecule has 4 nitrogen and oxygen atoms in total. The van der Waals surface area contributed by atoms with E-state index in [4.69, 9.17) is 11.6 Å². The van der Waals surface area contributed by atoms with Gasteiger partial charge in [-0.3, -0.25) is 5.01 Å². The normalized spacial score (nSPS) is 17.9. The van der Waals surface area contributed by atoms with E-state index < -0.39 is 27.8 Å². The number of benzene rings is 2. The summed E-state index contributed by atoms with van der Waals surface area (Å²) >= 11 is 5.95. The first-order chi connectivity index (χ1) is 12.5. The smallest absolute Gasteiger partial charge is 0.257 e. The monoisotopic (exact) mass is 416 g/mol. The molecular formula is C18H16ClF3N2O2S. The van der Waals surface area contributed by atoms with E-state index in [1.807, 2.05) is 0 Å².